The number of thioether (sulfide) groups is 1. The molecule has 2 aliphatic heterocycles. The van der Waals surface area contributed by atoms with E-state index in [1.54, 1.807) is 18.2 Å². The summed E-state index contributed by atoms with van der Waals surface area (Å²) < 4.78 is 0. The second-order valence-electron chi connectivity index (χ2n) is 7.04. The van der Waals surface area contributed by atoms with Crippen LogP contribution < -0.4 is 4.90 Å². The maximum absolute atomic E-state index is 12.7. The predicted octanol–water partition coefficient (Wildman–Crippen LogP) is 3.41. The number of carbonyl (C=O) groups excluding carboxylic acids is 2. The van der Waals surface area contributed by atoms with Gasteiger partial charge in [-0.1, -0.05) is 18.2 Å². The molecule has 2 saturated heterocycles. The number of amides is 2. The van der Waals surface area contributed by atoms with Crippen molar-refractivity contribution in [3.05, 3.63) is 75.2 Å². The molecule has 0 aromatic heterocycles. The molecule has 2 fully saturated rings. The number of hydrogen-bond acceptors (Lipinski definition) is 7. The van der Waals surface area contributed by atoms with E-state index in [-0.39, 0.29) is 23.5 Å². The first-order valence-electron chi connectivity index (χ1n) is 9.53. The van der Waals surface area contributed by atoms with Crippen LogP contribution in [0.2, 0.25) is 0 Å². The lowest BCUT2D eigenvalue weighted by Gasteiger charge is -2.37. The summed E-state index contributed by atoms with van der Waals surface area (Å²) >= 11 is 0.901. The third-order valence-electron chi connectivity index (χ3n) is 5.11. The normalized spacial score (nSPS) is 19.0. The summed E-state index contributed by atoms with van der Waals surface area (Å²) in [6.07, 6.45) is 1.60. The number of benzene rings is 2. The number of para-hydroxylation sites is 1. The maximum Gasteiger partial charge on any atom is 0.294 e. The number of non-ortho nitro benzene ring substituents is 1. The average molecular weight is 424 g/mol. The van der Waals surface area contributed by atoms with Crippen molar-refractivity contribution in [1.29, 1.82) is 0 Å². The number of hydrogen-bond donors (Lipinski definition) is 0. The number of nitro groups is 1. The smallest absolute Gasteiger partial charge is 0.294 e. The first-order valence-corrected chi connectivity index (χ1v) is 10.3. The van der Waals surface area contributed by atoms with Crippen LogP contribution in [0.3, 0.4) is 0 Å². The second kappa shape index (κ2) is 8.68. The minimum absolute atomic E-state index is 0.0186. The number of anilines is 1. The molecule has 4 rings (SSSR count). The Balaban J connectivity index is 1.37. The standard InChI is InChI=1S/C21H20N4O4S/c26-20-19(14-16-6-8-18(9-7-16)25(28)29)30-21(27)24(20)15-22-10-12-23(13-11-22)17-4-2-1-3-5-17/h1-9,14H,10-13,15H2. The third-order valence-corrected chi connectivity index (χ3v) is 6.02. The highest BCUT2D eigenvalue weighted by atomic mass is 32.2. The molecule has 0 radical (unpaired) electrons. The Labute approximate surface area is 177 Å². The maximum atomic E-state index is 12.7. The van der Waals surface area contributed by atoms with E-state index in [2.05, 4.69) is 21.9 Å². The van der Waals surface area contributed by atoms with Crippen molar-refractivity contribution < 1.29 is 14.5 Å². The molecule has 0 unspecified atom stereocenters. The molecular weight excluding hydrogens is 404 g/mol. The van der Waals surface area contributed by atoms with Gasteiger partial charge in [-0.15, -0.1) is 0 Å². The average Bonchev–Trinajstić information content (AvgIpc) is 3.02. The van der Waals surface area contributed by atoms with Crippen LogP contribution >= 0.6 is 11.8 Å². The van der Waals surface area contributed by atoms with E-state index in [9.17, 15) is 19.7 Å². The van der Waals surface area contributed by atoms with Crippen LogP contribution in [0.1, 0.15) is 5.56 Å². The van der Waals surface area contributed by atoms with Gasteiger partial charge in [-0.25, -0.2) is 0 Å². The molecule has 2 aromatic carbocycles. The van der Waals surface area contributed by atoms with Crippen LogP contribution in [0, 0.1) is 10.1 Å². The Bertz CT molecular complexity index is 986. The molecule has 0 aliphatic carbocycles. The predicted molar refractivity (Wildman–Crippen MR) is 116 cm³/mol. The number of nitro benzene ring substituents is 1. The van der Waals surface area contributed by atoms with Crippen molar-refractivity contribution >= 4 is 40.4 Å². The molecule has 8 nitrogen and oxygen atoms in total. The Morgan fingerprint density at radius 3 is 2.27 bits per heavy atom. The highest BCUT2D eigenvalue weighted by molar-refractivity contribution is 8.18. The van der Waals surface area contributed by atoms with Gasteiger partial charge in [0.15, 0.2) is 0 Å². The van der Waals surface area contributed by atoms with Crippen LogP contribution in [-0.4, -0.2) is 58.7 Å². The molecule has 0 spiro atoms. The first kappa shape index (κ1) is 20.1. The van der Waals surface area contributed by atoms with E-state index in [0.717, 1.165) is 37.9 Å². The molecule has 9 heteroatoms. The molecule has 2 aromatic rings. The Hall–Kier alpha value is -3.17. The van der Waals surface area contributed by atoms with E-state index in [1.807, 2.05) is 18.2 Å². The van der Waals surface area contributed by atoms with Crippen LogP contribution in [-0.2, 0) is 4.79 Å². The molecule has 2 aliphatic rings. The van der Waals surface area contributed by atoms with Gasteiger partial charge in [0.25, 0.3) is 16.8 Å². The van der Waals surface area contributed by atoms with Gasteiger partial charge in [-0.2, -0.15) is 0 Å². The second-order valence-corrected chi connectivity index (χ2v) is 8.03. The van der Waals surface area contributed by atoms with E-state index in [1.165, 1.54) is 22.7 Å². The van der Waals surface area contributed by atoms with Crippen molar-refractivity contribution in [3.63, 3.8) is 0 Å². The minimum Gasteiger partial charge on any atom is -0.369 e. The quantitative estimate of drug-likeness (QED) is 0.413. The van der Waals surface area contributed by atoms with E-state index in [4.69, 9.17) is 0 Å². The minimum atomic E-state index is -0.477. The summed E-state index contributed by atoms with van der Waals surface area (Å²) in [6, 6.07) is 16.1. The first-order chi connectivity index (χ1) is 14.5. The van der Waals surface area contributed by atoms with Crippen molar-refractivity contribution in [3.8, 4) is 0 Å². The van der Waals surface area contributed by atoms with Gasteiger partial charge in [0.05, 0.1) is 16.5 Å². The fourth-order valence-electron chi connectivity index (χ4n) is 3.45. The van der Waals surface area contributed by atoms with Gasteiger partial charge in [-0.05, 0) is 47.7 Å². The van der Waals surface area contributed by atoms with Crippen molar-refractivity contribution in [2.24, 2.45) is 0 Å². The van der Waals surface area contributed by atoms with Gasteiger partial charge < -0.3 is 4.90 Å². The molecule has 154 valence electrons. The summed E-state index contributed by atoms with van der Waals surface area (Å²) in [5, 5.41) is 10.5. The summed E-state index contributed by atoms with van der Waals surface area (Å²) in [5.41, 5.74) is 1.80. The molecule has 2 amide bonds. The van der Waals surface area contributed by atoms with Crippen molar-refractivity contribution in [2.45, 2.75) is 0 Å². The Kier molecular flexibility index (Phi) is 5.82. The number of piperazine rings is 1. The lowest BCUT2D eigenvalue weighted by atomic mass is 10.2. The molecule has 2 heterocycles. The lowest BCUT2D eigenvalue weighted by Crippen LogP contribution is -2.50. The Morgan fingerprint density at radius 1 is 0.967 bits per heavy atom. The van der Waals surface area contributed by atoms with Crippen LogP contribution in [0.4, 0.5) is 16.2 Å². The van der Waals surface area contributed by atoms with Gasteiger partial charge in [0, 0.05) is 44.0 Å². The van der Waals surface area contributed by atoms with Crippen LogP contribution in [0.5, 0.6) is 0 Å². The summed E-state index contributed by atoms with van der Waals surface area (Å²) in [5.74, 6) is -0.325. The molecular formula is C21H20N4O4S. The molecule has 0 saturated carbocycles. The number of rotatable bonds is 5. The molecule has 0 N–H and O–H groups in total. The van der Waals surface area contributed by atoms with Crippen molar-refractivity contribution in [1.82, 2.24) is 9.80 Å². The fourth-order valence-corrected chi connectivity index (χ4v) is 4.28. The summed E-state index contributed by atoms with van der Waals surface area (Å²) in [6.45, 7) is 3.46. The largest absolute Gasteiger partial charge is 0.369 e. The lowest BCUT2D eigenvalue weighted by molar-refractivity contribution is -0.384. The van der Waals surface area contributed by atoms with Gasteiger partial charge in [-0.3, -0.25) is 29.5 Å². The summed E-state index contributed by atoms with van der Waals surface area (Å²) in [7, 11) is 0. The monoisotopic (exact) mass is 424 g/mol. The van der Waals surface area contributed by atoms with E-state index >= 15 is 0 Å². The summed E-state index contributed by atoms with van der Waals surface area (Å²) in [4.78, 5) is 41.4. The number of imide groups is 1. The van der Waals surface area contributed by atoms with Crippen LogP contribution in [0.15, 0.2) is 59.5 Å². The van der Waals surface area contributed by atoms with Crippen LogP contribution in [0.25, 0.3) is 6.08 Å². The fraction of sp³-hybridized carbons (Fsp3) is 0.238. The molecule has 0 atom stereocenters. The highest BCUT2D eigenvalue weighted by Gasteiger charge is 2.36. The van der Waals surface area contributed by atoms with E-state index < -0.39 is 4.92 Å². The van der Waals surface area contributed by atoms with Crippen molar-refractivity contribution in [2.75, 3.05) is 37.7 Å². The topological polar surface area (TPSA) is 87.0 Å². The number of carbonyl (C=O) groups is 2. The number of nitrogens with zero attached hydrogens (tertiary/aromatic N) is 4. The highest BCUT2D eigenvalue weighted by Crippen LogP contribution is 2.32. The SMILES string of the molecule is O=C1SC(=Cc2ccc([N+](=O)[O-])cc2)C(=O)N1CN1CCN(c2ccccc2)CC1. The van der Waals surface area contributed by atoms with Gasteiger partial charge >= 0.3 is 0 Å². The van der Waals surface area contributed by atoms with Gasteiger partial charge in [0.2, 0.25) is 0 Å². The Morgan fingerprint density at radius 2 is 1.63 bits per heavy atom. The molecule has 0 bridgehead atoms. The van der Waals surface area contributed by atoms with E-state index in [0.29, 0.717) is 10.5 Å². The molecule has 30 heavy (non-hydrogen) atoms. The zero-order valence-corrected chi connectivity index (χ0v) is 17.0. The zero-order valence-electron chi connectivity index (χ0n) is 16.1. The van der Waals surface area contributed by atoms with Gasteiger partial charge in [0.1, 0.15) is 0 Å². The zero-order chi connectivity index (χ0) is 21.1. The third kappa shape index (κ3) is 4.37.